The highest BCUT2D eigenvalue weighted by Crippen LogP contribution is 2.29. The topological polar surface area (TPSA) is 343 Å². The SMILES string of the molecule is CC(=O)NC1CC(O)[C@@H](O)C(CO)O[C@H]1OCCCCCOCC(C)(COCCCCCO[C@@H]1OC(CO)[C@H](O)C(O)C1NC(C)=O)COCCCCCO[C@@H]1CC(CO)[C@H](O)C(O)C1NC(C)=O. The summed E-state index contributed by atoms with van der Waals surface area (Å²) in [5, 5.41) is 99.2. The Morgan fingerprint density at radius 3 is 1.43 bits per heavy atom. The maximum atomic E-state index is 11.8. The molecule has 16 atom stereocenters. The van der Waals surface area contributed by atoms with Crippen LogP contribution in [0.4, 0.5) is 0 Å². The molecule has 23 heteroatoms. The van der Waals surface area contributed by atoms with Crippen molar-refractivity contribution < 1.29 is 98.2 Å². The summed E-state index contributed by atoms with van der Waals surface area (Å²) in [6.45, 7) is 7.87. The van der Waals surface area contributed by atoms with Gasteiger partial charge in [-0.15, -0.1) is 0 Å². The van der Waals surface area contributed by atoms with Gasteiger partial charge in [0.05, 0.1) is 63.4 Å². The first-order valence-electron chi connectivity index (χ1n) is 24.6. The summed E-state index contributed by atoms with van der Waals surface area (Å²) in [5.74, 6) is -1.71. The molecule has 0 bridgehead atoms. The van der Waals surface area contributed by atoms with Gasteiger partial charge in [0.15, 0.2) is 12.6 Å². The maximum Gasteiger partial charge on any atom is 0.217 e. The van der Waals surface area contributed by atoms with Gasteiger partial charge in [-0.05, 0) is 64.2 Å². The third-order valence-electron chi connectivity index (χ3n) is 12.5. The second kappa shape index (κ2) is 32.7. The Bertz CT molecular complexity index is 1370. The summed E-state index contributed by atoms with van der Waals surface area (Å²) in [7, 11) is 0. The van der Waals surface area contributed by atoms with Crippen molar-refractivity contribution in [3.8, 4) is 0 Å². The van der Waals surface area contributed by atoms with Gasteiger partial charge >= 0.3 is 0 Å². The van der Waals surface area contributed by atoms with E-state index in [0.29, 0.717) is 84.8 Å². The van der Waals surface area contributed by atoms with Crippen molar-refractivity contribution >= 4 is 17.7 Å². The van der Waals surface area contributed by atoms with Crippen LogP contribution in [0.5, 0.6) is 0 Å². The van der Waals surface area contributed by atoms with Crippen LogP contribution < -0.4 is 16.0 Å². The van der Waals surface area contributed by atoms with Crippen LogP contribution in [-0.2, 0) is 52.3 Å². The molecule has 1 saturated carbocycles. The Balaban J connectivity index is 1.43. The molecule has 0 aromatic heterocycles. The predicted molar refractivity (Wildman–Crippen MR) is 244 cm³/mol. The molecule has 2 saturated heterocycles. The number of hydrogen-bond acceptors (Lipinski definition) is 20. The van der Waals surface area contributed by atoms with E-state index in [0.717, 1.165) is 25.7 Å². The fourth-order valence-electron chi connectivity index (χ4n) is 8.64. The zero-order chi connectivity index (χ0) is 50.9. The third kappa shape index (κ3) is 21.4. The highest BCUT2D eigenvalue weighted by molar-refractivity contribution is 5.74. The van der Waals surface area contributed by atoms with E-state index >= 15 is 0 Å². The van der Waals surface area contributed by atoms with Crippen molar-refractivity contribution in [1.82, 2.24) is 16.0 Å². The Morgan fingerprint density at radius 2 is 0.942 bits per heavy atom. The van der Waals surface area contributed by atoms with Crippen LogP contribution >= 0.6 is 0 Å². The number of carbonyl (C=O) groups is 3. The van der Waals surface area contributed by atoms with Gasteiger partial charge in [-0.25, -0.2) is 0 Å². The molecule has 10 unspecified atom stereocenters. The zero-order valence-corrected chi connectivity index (χ0v) is 40.9. The largest absolute Gasteiger partial charge is 0.396 e. The minimum atomic E-state index is -1.40. The lowest BCUT2D eigenvalue weighted by atomic mass is 9.79. The van der Waals surface area contributed by atoms with Gasteiger partial charge < -0.3 is 99.8 Å². The Hall–Kier alpha value is -2.27. The molecule has 0 aromatic carbocycles. The first-order chi connectivity index (χ1) is 32.9. The number of aliphatic hydroxyl groups is 9. The molecular weight excluding hydrogens is 915 g/mol. The van der Waals surface area contributed by atoms with Crippen LogP contribution in [0.1, 0.15) is 98.3 Å². The molecule has 3 amide bonds. The Labute approximate surface area is 405 Å². The molecule has 0 aromatic rings. The van der Waals surface area contributed by atoms with Gasteiger partial charge in [-0.2, -0.15) is 0 Å². The van der Waals surface area contributed by atoms with Crippen LogP contribution in [0.15, 0.2) is 0 Å². The lowest BCUT2D eigenvalue weighted by Crippen LogP contribution is -2.64. The number of amides is 3. The van der Waals surface area contributed by atoms with Crippen molar-refractivity contribution in [3.63, 3.8) is 0 Å². The second-order valence-corrected chi connectivity index (χ2v) is 18.9. The van der Waals surface area contributed by atoms with Gasteiger partial charge in [-0.3, -0.25) is 14.4 Å². The van der Waals surface area contributed by atoms with Crippen molar-refractivity contribution in [3.05, 3.63) is 0 Å². The minimum Gasteiger partial charge on any atom is -0.396 e. The van der Waals surface area contributed by atoms with E-state index in [1.54, 1.807) is 0 Å². The quantitative estimate of drug-likeness (QED) is 0.0302. The third-order valence-corrected chi connectivity index (χ3v) is 12.5. The number of hydrogen-bond donors (Lipinski definition) is 12. The number of nitrogens with one attached hydrogen (secondary N) is 3. The van der Waals surface area contributed by atoms with Crippen LogP contribution in [0.2, 0.25) is 0 Å². The molecule has 0 spiro atoms. The summed E-state index contributed by atoms with van der Waals surface area (Å²) >= 11 is 0. The smallest absolute Gasteiger partial charge is 0.217 e. The molecule has 1 aliphatic carbocycles. The molecule has 3 aliphatic rings. The van der Waals surface area contributed by atoms with Crippen molar-refractivity contribution in [2.24, 2.45) is 11.3 Å². The molecule has 0 radical (unpaired) electrons. The Kier molecular flexibility index (Phi) is 29.0. The number of aliphatic hydroxyl groups excluding tert-OH is 9. The van der Waals surface area contributed by atoms with E-state index in [-0.39, 0.29) is 38.1 Å². The summed E-state index contributed by atoms with van der Waals surface area (Å²) in [4.78, 5) is 35.3. The van der Waals surface area contributed by atoms with Gasteiger partial charge in [0.25, 0.3) is 0 Å². The number of rotatable bonds is 33. The van der Waals surface area contributed by atoms with Crippen LogP contribution in [0.3, 0.4) is 0 Å². The zero-order valence-electron chi connectivity index (χ0n) is 40.9. The number of carbonyl (C=O) groups excluding carboxylic acids is 3. The van der Waals surface area contributed by atoms with Crippen LogP contribution in [0, 0.1) is 11.3 Å². The predicted octanol–water partition coefficient (Wildman–Crippen LogP) is -2.51. The fraction of sp³-hybridized carbons (Fsp3) is 0.935. The summed E-state index contributed by atoms with van der Waals surface area (Å²) < 4.78 is 47.5. The number of unbranched alkanes of at least 4 members (excludes halogenated alkanes) is 6. The monoisotopic (exact) mass is 1000 g/mol. The Morgan fingerprint density at radius 1 is 0.507 bits per heavy atom. The van der Waals surface area contributed by atoms with Gasteiger partial charge in [0.2, 0.25) is 17.7 Å². The molecule has 3 rings (SSSR count). The lowest BCUT2D eigenvalue weighted by molar-refractivity contribution is -0.270. The molecule has 404 valence electrons. The van der Waals surface area contributed by atoms with Crippen LogP contribution in [-0.4, -0.2) is 229 Å². The van der Waals surface area contributed by atoms with E-state index in [2.05, 4.69) is 16.0 Å². The van der Waals surface area contributed by atoms with Crippen LogP contribution in [0.25, 0.3) is 0 Å². The summed E-state index contributed by atoms with van der Waals surface area (Å²) in [5.41, 5.74) is -0.497. The van der Waals surface area contributed by atoms with E-state index in [1.807, 2.05) is 6.92 Å². The molecule has 2 heterocycles. The second-order valence-electron chi connectivity index (χ2n) is 18.9. The standard InChI is InChI=1S/C46H85N3O20/c1-28(53)47-32-21-33(56)40(58)35(23-51)68-44(32)66-18-12-6-9-15-63-26-46(4,25-62-14-8-5-11-17-65-34-20-31(22-50)39(57)42(60)37(34)48-29(2)54)27-64-16-10-7-13-19-67-45-38(49-30(3)55)43(61)41(59)36(24-52)69-45/h31-45,50-52,56-61H,5-27H2,1-4H3,(H,47,53)(H,48,54)(H,49,55)/t31?,32?,33?,34-,35?,36?,37?,38?,39+,40-,41+,42?,43?,44-,45-,46?/m1/s1. The minimum absolute atomic E-state index is 0.00745. The van der Waals surface area contributed by atoms with E-state index in [4.69, 9.17) is 37.9 Å². The first-order valence-corrected chi connectivity index (χ1v) is 24.6. The van der Waals surface area contributed by atoms with E-state index < -0.39 is 116 Å². The fourth-order valence-corrected chi connectivity index (χ4v) is 8.64. The van der Waals surface area contributed by atoms with Crippen molar-refractivity contribution in [2.45, 2.75) is 184 Å². The molecule has 12 N–H and O–H groups in total. The van der Waals surface area contributed by atoms with Gasteiger partial charge in [0, 0.05) is 84.8 Å². The summed E-state index contributed by atoms with van der Waals surface area (Å²) in [6.07, 6.45) is -5.88. The highest BCUT2D eigenvalue weighted by Gasteiger charge is 2.46. The molecule has 2 aliphatic heterocycles. The van der Waals surface area contributed by atoms with Gasteiger partial charge in [0.1, 0.15) is 42.7 Å². The molecule has 69 heavy (non-hydrogen) atoms. The first kappa shape index (κ1) is 61.0. The normalized spacial score (nSPS) is 32.7. The average Bonchev–Trinajstić information content (AvgIpc) is 3.41. The molecule has 23 nitrogen and oxygen atoms in total. The van der Waals surface area contributed by atoms with Crippen molar-refractivity contribution in [1.29, 1.82) is 0 Å². The average molecular weight is 1000 g/mol. The van der Waals surface area contributed by atoms with Gasteiger partial charge in [-0.1, -0.05) is 6.92 Å². The van der Waals surface area contributed by atoms with E-state index in [9.17, 15) is 60.3 Å². The lowest BCUT2D eigenvalue weighted by Gasteiger charge is -2.42. The molecular formula is C46H85N3O20. The molecule has 3 fully saturated rings. The highest BCUT2D eigenvalue weighted by atomic mass is 16.7. The van der Waals surface area contributed by atoms with Crippen molar-refractivity contribution in [2.75, 3.05) is 79.3 Å². The summed E-state index contributed by atoms with van der Waals surface area (Å²) in [6, 6.07) is -2.52. The number of ether oxygens (including phenoxy) is 8. The maximum absolute atomic E-state index is 11.8. The van der Waals surface area contributed by atoms with E-state index in [1.165, 1.54) is 20.8 Å².